The number of hydrogen-bond donors (Lipinski definition) is 2. The molecule has 108 valence electrons. The highest BCUT2D eigenvalue weighted by Crippen LogP contribution is 2.22. The highest BCUT2D eigenvalue weighted by atomic mass is 32.2. The molecule has 0 aliphatic heterocycles. The number of anilines is 1. The summed E-state index contributed by atoms with van der Waals surface area (Å²) in [6.07, 6.45) is 4.13. The van der Waals surface area contributed by atoms with Gasteiger partial charge in [-0.1, -0.05) is 38.3 Å². The zero-order valence-corrected chi connectivity index (χ0v) is 12.8. The number of benzene rings is 1. The molecule has 5 heteroatoms. The molecular formula is C14H24N2O2S. The van der Waals surface area contributed by atoms with E-state index in [1.54, 1.807) is 25.1 Å². The average Bonchev–Trinajstić information content (AvgIpc) is 2.27. The number of unbranched alkanes of at least 4 members (excludes halogenated alkanes) is 2. The van der Waals surface area contributed by atoms with E-state index in [9.17, 15) is 8.42 Å². The summed E-state index contributed by atoms with van der Waals surface area (Å²) >= 11 is 0. The van der Waals surface area contributed by atoms with Crippen molar-refractivity contribution in [2.24, 2.45) is 0 Å². The number of aryl methyl sites for hydroxylation is 1. The first-order valence-electron chi connectivity index (χ1n) is 6.76. The van der Waals surface area contributed by atoms with E-state index in [1.807, 2.05) is 6.92 Å². The summed E-state index contributed by atoms with van der Waals surface area (Å²) in [5, 5.41) is 0. The molecule has 0 radical (unpaired) electrons. The minimum Gasteiger partial charge on any atom is -0.398 e. The van der Waals surface area contributed by atoms with Gasteiger partial charge in [0.15, 0.2) is 0 Å². The van der Waals surface area contributed by atoms with Crippen molar-refractivity contribution < 1.29 is 8.42 Å². The molecule has 0 bridgehead atoms. The summed E-state index contributed by atoms with van der Waals surface area (Å²) in [7, 11) is -3.53. The Morgan fingerprint density at radius 2 is 2.00 bits per heavy atom. The van der Waals surface area contributed by atoms with Crippen molar-refractivity contribution in [3.05, 3.63) is 23.8 Å². The highest BCUT2D eigenvalue weighted by molar-refractivity contribution is 7.89. The number of nitrogen functional groups attached to an aromatic ring is 1. The van der Waals surface area contributed by atoms with Gasteiger partial charge < -0.3 is 5.73 Å². The predicted octanol–water partition coefficient (Wildman–Crippen LogP) is 2.82. The van der Waals surface area contributed by atoms with Crippen molar-refractivity contribution in [3.63, 3.8) is 0 Å². The Hall–Kier alpha value is -1.07. The van der Waals surface area contributed by atoms with Gasteiger partial charge in [-0.15, -0.1) is 0 Å². The molecule has 1 aromatic carbocycles. The molecule has 1 rings (SSSR count). The van der Waals surface area contributed by atoms with Crippen LogP contribution in [-0.2, 0) is 10.0 Å². The van der Waals surface area contributed by atoms with E-state index >= 15 is 0 Å². The molecule has 0 fully saturated rings. The van der Waals surface area contributed by atoms with Crippen molar-refractivity contribution in [2.75, 3.05) is 5.73 Å². The van der Waals surface area contributed by atoms with Gasteiger partial charge in [0.2, 0.25) is 10.0 Å². The predicted molar refractivity (Wildman–Crippen MR) is 79.5 cm³/mol. The van der Waals surface area contributed by atoms with Crippen molar-refractivity contribution in [3.8, 4) is 0 Å². The van der Waals surface area contributed by atoms with Crippen LogP contribution in [0.1, 0.15) is 45.1 Å². The van der Waals surface area contributed by atoms with Crippen LogP contribution < -0.4 is 10.5 Å². The minimum absolute atomic E-state index is 0.0736. The molecule has 3 N–H and O–H groups in total. The third-order valence-corrected chi connectivity index (χ3v) is 4.92. The third-order valence-electron chi connectivity index (χ3n) is 3.11. The Bertz CT molecular complexity index is 492. The number of nitrogens with two attached hydrogens (primary N) is 1. The van der Waals surface area contributed by atoms with Crippen LogP contribution in [0.5, 0.6) is 0 Å². The number of sulfonamides is 1. The second kappa shape index (κ2) is 6.91. The van der Waals surface area contributed by atoms with Gasteiger partial charge in [-0.25, -0.2) is 13.1 Å². The van der Waals surface area contributed by atoms with Gasteiger partial charge in [0, 0.05) is 6.04 Å². The van der Waals surface area contributed by atoms with E-state index in [1.165, 1.54) is 0 Å². The molecule has 1 atom stereocenters. The lowest BCUT2D eigenvalue weighted by atomic mass is 10.1. The fraction of sp³-hybridized carbons (Fsp3) is 0.571. The van der Waals surface area contributed by atoms with Crippen molar-refractivity contribution >= 4 is 15.7 Å². The molecule has 1 unspecified atom stereocenters. The fourth-order valence-corrected chi connectivity index (χ4v) is 3.76. The first-order valence-corrected chi connectivity index (χ1v) is 8.24. The van der Waals surface area contributed by atoms with Gasteiger partial charge in [0.05, 0.1) is 5.69 Å². The summed E-state index contributed by atoms with van der Waals surface area (Å²) in [5.41, 5.74) is 6.76. The standard InChI is InChI=1S/C14H24N2O2S/c1-4-5-6-9-12(3)16-19(17,18)14-11(2)8-7-10-13(14)15/h7-8,10,12,16H,4-6,9,15H2,1-3H3. The maximum atomic E-state index is 12.3. The molecule has 0 amide bonds. The first kappa shape index (κ1) is 16.0. The van der Waals surface area contributed by atoms with E-state index in [4.69, 9.17) is 5.73 Å². The van der Waals surface area contributed by atoms with Crippen LogP contribution in [0.4, 0.5) is 5.69 Å². The lowest BCUT2D eigenvalue weighted by molar-refractivity contribution is 0.527. The number of hydrogen-bond acceptors (Lipinski definition) is 3. The number of rotatable bonds is 7. The van der Waals surface area contributed by atoms with Crippen molar-refractivity contribution in [1.29, 1.82) is 0 Å². The SMILES string of the molecule is CCCCCC(C)NS(=O)(=O)c1c(C)cccc1N. The lowest BCUT2D eigenvalue weighted by Gasteiger charge is -2.16. The second-order valence-corrected chi connectivity index (χ2v) is 6.66. The van der Waals surface area contributed by atoms with E-state index in [0.29, 0.717) is 11.3 Å². The smallest absolute Gasteiger partial charge is 0.243 e. The van der Waals surface area contributed by atoms with Crippen molar-refractivity contribution in [2.45, 2.75) is 57.4 Å². The molecule has 0 aliphatic carbocycles. The largest absolute Gasteiger partial charge is 0.398 e. The van der Waals surface area contributed by atoms with Gasteiger partial charge >= 0.3 is 0 Å². The van der Waals surface area contributed by atoms with Gasteiger partial charge in [-0.05, 0) is 31.9 Å². The second-order valence-electron chi connectivity index (χ2n) is 5.01. The summed E-state index contributed by atoms with van der Waals surface area (Å²) in [5.74, 6) is 0. The van der Waals surface area contributed by atoms with Gasteiger partial charge in [0.25, 0.3) is 0 Å². The fourth-order valence-electron chi connectivity index (χ4n) is 2.13. The topological polar surface area (TPSA) is 72.2 Å². The first-order chi connectivity index (χ1) is 8.88. The summed E-state index contributed by atoms with van der Waals surface area (Å²) in [6, 6.07) is 5.06. The van der Waals surface area contributed by atoms with Gasteiger partial charge in [-0.2, -0.15) is 0 Å². The van der Waals surface area contributed by atoms with Crippen LogP contribution in [0.2, 0.25) is 0 Å². The Kier molecular flexibility index (Phi) is 5.82. The van der Waals surface area contributed by atoms with Crippen molar-refractivity contribution in [1.82, 2.24) is 4.72 Å². The van der Waals surface area contributed by atoms with Crippen LogP contribution in [0, 0.1) is 6.92 Å². The zero-order valence-electron chi connectivity index (χ0n) is 11.9. The molecule has 0 spiro atoms. The molecule has 0 saturated carbocycles. The third kappa shape index (κ3) is 4.51. The molecule has 4 nitrogen and oxygen atoms in total. The minimum atomic E-state index is -3.53. The quantitative estimate of drug-likeness (QED) is 0.597. The zero-order chi connectivity index (χ0) is 14.5. The normalized spacial score (nSPS) is 13.4. The summed E-state index contributed by atoms with van der Waals surface area (Å²) < 4.78 is 27.4. The molecular weight excluding hydrogens is 260 g/mol. The monoisotopic (exact) mass is 284 g/mol. The molecule has 0 saturated heterocycles. The Labute approximate surface area is 116 Å². The Balaban J connectivity index is 2.81. The van der Waals surface area contributed by atoms with Gasteiger partial charge in [0.1, 0.15) is 4.90 Å². The molecule has 19 heavy (non-hydrogen) atoms. The summed E-state index contributed by atoms with van der Waals surface area (Å²) in [4.78, 5) is 0.206. The van der Waals surface area contributed by atoms with Crippen LogP contribution in [0.3, 0.4) is 0 Å². The van der Waals surface area contributed by atoms with E-state index in [-0.39, 0.29) is 10.9 Å². The van der Waals surface area contributed by atoms with Crippen LogP contribution in [-0.4, -0.2) is 14.5 Å². The number of nitrogens with one attached hydrogen (secondary N) is 1. The van der Waals surface area contributed by atoms with E-state index in [2.05, 4.69) is 11.6 Å². The summed E-state index contributed by atoms with van der Waals surface area (Å²) in [6.45, 7) is 5.78. The maximum absolute atomic E-state index is 12.3. The molecule has 0 aromatic heterocycles. The Morgan fingerprint density at radius 3 is 2.58 bits per heavy atom. The highest BCUT2D eigenvalue weighted by Gasteiger charge is 2.21. The average molecular weight is 284 g/mol. The molecule has 0 aliphatic rings. The Morgan fingerprint density at radius 1 is 1.32 bits per heavy atom. The maximum Gasteiger partial charge on any atom is 0.243 e. The molecule has 1 aromatic rings. The van der Waals surface area contributed by atoms with Crippen LogP contribution in [0.15, 0.2) is 23.1 Å². The molecule has 0 heterocycles. The van der Waals surface area contributed by atoms with Gasteiger partial charge in [-0.3, -0.25) is 0 Å². The van der Waals surface area contributed by atoms with E-state index in [0.717, 1.165) is 25.7 Å². The van der Waals surface area contributed by atoms with Crippen LogP contribution in [0.25, 0.3) is 0 Å². The van der Waals surface area contributed by atoms with Crippen LogP contribution >= 0.6 is 0 Å². The van der Waals surface area contributed by atoms with E-state index < -0.39 is 10.0 Å². The lowest BCUT2D eigenvalue weighted by Crippen LogP contribution is -2.33.